The van der Waals surface area contributed by atoms with E-state index in [9.17, 15) is 4.79 Å². The maximum atomic E-state index is 12.4. The SMILES string of the molecule is C[C@@H]1CNCCN1C(=O)C1CC12CCCC2.Cl. The number of carbonyl (C=O) groups is 1. The smallest absolute Gasteiger partial charge is 0.226 e. The number of halogens is 1. The second kappa shape index (κ2) is 4.77. The zero-order valence-electron chi connectivity index (χ0n) is 10.6. The monoisotopic (exact) mass is 258 g/mol. The van der Waals surface area contributed by atoms with E-state index in [1.807, 2.05) is 0 Å². The molecule has 1 saturated heterocycles. The fraction of sp³-hybridized carbons (Fsp3) is 0.923. The zero-order chi connectivity index (χ0) is 11.2. The van der Waals surface area contributed by atoms with Crippen LogP contribution in [-0.2, 0) is 4.79 Å². The number of rotatable bonds is 1. The summed E-state index contributed by atoms with van der Waals surface area (Å²) in [6, 6.07) is 0.389. The Labute approximate surface area is 110 Å². The van der Waals surface area contributed by atoms with Gasteiger partial charge in [0.2, 0.25) is 5.91 Å². The Balaban J connectivity index is 0.00000108. The van der Waals surface area contributed by atoms with Crippen molar-refractivity contribution in [3.05, 3.63) is 0 Å². The first-order valence-corrected chi connectivity index (χ1v) is 6.74. The van der Waals surface area contributed by atoms with Crippen LogP contribution in [-0.4, -0.2) is 36.5 Å². The third kappa shape index (κ3) is 2.19. The lowest BCUT2D eigenvalue weighted by molar-refractivity contribution is -0.136. The lowest BCUT2D eigenvalue weighted by Crippen LogP contribution is -2.53. The van der Waals surface area contributed by atoms with Gasteiger partial charge in [0, 0.05) is 31.6 Å². The minimum Gasteiger partial charge on any atom is -0.337 e. The van der Waals surface area contributed by atoms with Crippen LogP contribution in [0.25, 0.3) is 0 Å². The summed E-state index contributed by atoms with van der Waals surface area (Å²) < 4.78 is 0. The van der Waals surface area contributed by atoms with Gasteiger partial charge in [-0.15, -0.1) is 12.4 Å². The van der Waals surface area contributed by atoms with Crippen molar-refractivity contribution in [2.24, 2.45) is 11.3 Å². The van der Waals surface area contributed by atoms with Gasteiger partial charge in [-0.25, -0.2) is 0 Å². The normalized spacial score (nSPS) is 34.5. The molecule has 0 aromatic rings. The lowest BCUT2D eigenvalue weighted by atomic mass is 10.0. The number of nitrogens with zero attached hydrogens (tertiary/aromatic N) is 1. The van der Waals surface area contributed by atoms with Crippen LogP contribution in [0.15, 0.2) is 0 Å². The molecule has 0 bridgehead atoms. The Morgan fingerprint density at radius 1 is 1.35 bits per heavy atom. The zero-order valence-corrected chi connectivity index (χ0v) is 11.4. The van der Waals surface area contributed by atoms with Gasteiger partial charge in [-0.05, 0) is 31.6 Å². The van der Waals surface area contributed by atoms with Gasteiger partial charge >= 0.3 is 0 Å². The van der Waals surface area contributed by atoms with Crippen LogP contribution in [0.1, 0.15) is 39.0 Å². The van der Waals surface area contributed by atoms with Crippen molar-refractivity contribution in [1.82, 2.24) is 10.2 Å². The predicted octanol–water partition coefficient (Wildman–Crippen LogP) is 1.81. The molecule has 1 amide bonds. The summed E-state index contributed by atoms with van der Waals surface area (Å²) in [5.41, 5.74) is 0.460. The van der Waals surface area contributed by atoms with E-state index in [1.54, 1.807) is 0 Å². The van der Waals surface area contributed by atoms with Gasteiger partial charge in [0.25, 0.3) is 0 Å². The van der Waals surface area contributed by atoms with Crippen LogP contribution >= 0.6 is 12.4 Å². The summed E-state index contributed by atoms with van der Waals surface area (Å²) in [6.45, 7) is 5.00. The molecule has 4 heteroatoms. The highest BCUT2D eigenvalue weighted by Crippen LogP contribution is 2.63. The van der Waals surface area contributed by atoms with Crippen LogP contribution in [0.3, 0.4) is 0 Å². The fourth-order valence-corrected chi connectivity index (χ4v) is 3.70. The van der Waals surface area contributed by atoms with Gasteiger partial charge in [0.05, 0.1) is 0 Å². The van der Waals surface area contributed by atoms with Crippen LogP contribution in [0, 0.1) is 11.3 Å². The topological polar surface area (TPSA) is 32.3 Å². The van der Waals surface area contributed by atoms with E-state index in [0.29, 0.717) is 23.3 Å². The number of nitrogens with one attached hydrogen (secondary N) is 1. The van der Waals surface area contributed by atoms with E-state index in [0.717, 1.165) is 19.6 Å². The van der Waals surface area contributed by atoms with E-state index < -0.39 is 0 Å². The molecule has 17 heavy (non-hydrogen) atoms. The van der Waals surface area contributed by atoms with E-state index in [1.165, 1.54) is 32.1 Å². The summed E-state index contributed by atoms with van der Waals surface area (Å²) >= 11 is 0. The first-order valence-electron chi connectivity index (χ1n) is 6.74. The Morgan fingerprint density at radius 3 is 2.71 bits per heavy atom. The van der Waals surface area contributed by atoms with Crippen molar-refractivity contribution in [3.63, 3.8) is 0 Å². The number of amides is 1. The molecule has 3 aliphatic rings. The Bertz CT molecular complexity index is 302. The molecule has 2 aliphatic carbocycles. The second-order valence-electron chi connectivity index (χ2n) is 5.91. The summed E-state index contributed by atoms with van der Waals surface area (Å²) in [5.74, 6) is 0.839. The summed E-state index contributed by atoms with van der Waals surface area (Å²) in [5, 5.41) is 3.35. The van der Waals surface area contributed by atoms with Gasteiger partial charge in [-0.2, -0.15) is 0 Å². The van der Waals surface area contributed by atoms with Crippen molar-refractivity contribution >= 4 is 18.3 Å². The van der Waals surface area contributed by atoms with Crippen molar-refractivity contribution in [3.8, 4) is 0 Å². The molecule has 3 fully saturated rings. The molecular weight excluding hydrogens is 236 g/mol. The van der Waals surface area contributed by atoms with Crippen molar-refractivity contribution in [2.45, 2.75) is 45.1 Å². The molecular formula is C13H23ClN2O. The highest BCUT2D eigenvalue weighted by molar-refractivity contribution is 5.85. The Kier molecular flexibility index (Phi) is 3.69. The van der Waals surface area contributed by atoms with E-state index in [2.05, 4.69) is 17.1 Å². The molecule has 0 aromatic carbocycles. The molecule has 1 aliphatic heterocycles. The summed E-state index contributed by atoms with van der Waals surface area (Å²) in [6.07, 6.45) is 6.50. The molecule has 1 heterocycles. The summed E-state index contributed by atoms with van der Waals surface area (Å²) in [4.78, 5) is 14.5. The molecule has 2 atom stereocenters. The van der Waals surface area contributed by atoms with Gasteiger partial charge in [0.1, 0.15) is 0 Å². The minimum absolute atomic E-state index is 0. The van der Waals surface area contributed by atoms with Gasteiger partial charge in [0.15, 0.2) is 0 Å². The summed E-state index contributed by atoms with van der Waals surface area (Å²) in [7, 11) is 0. The highest BCUT2D eigenvalue weighted by Gasteiger charge is 2.59. The fourth-order valence-electron chi connectivity index (χ4n) is 3.70. The van der Waals surface area contributed by atoms with E-state index in [-0.39, 0.29) is 12.4 Å². The molecule has 1 N–H and O–H groups in total. The third-order valence-corrected chi connectivity index (χ3v) is 4.87. The first-order chi connectivity index (χ1) is 7.73. The number of hydrogen-bond donors (Lipinski definition) is 1. The molecule has 3 nitrogen and oxygen atoms in total. The Morgan fingerprint density at radius 2 is 2.06 bits per heavy atom. The maximum absolute atomic E-state index is 12.4. The van der Waals surface area contributed by atoms with Crippen molar-refractivity contribution in [1.29, 1.82) is 0 Å². The van der Waals surface area contributed by atoms with Crippen LogP contribution in [0.2, 0.25) is 0 Å². The molecule has 3 rings (SSSR count). The third-order valence-electron chi connectivity index (χ3n) is 4.87. The minimum atomic E-state index is 0. The van der Waals surface area contributed by atoms with E-state index in [4.69, 9.17) is 0 Å². The molecule has 1 unspecified atom stereocenters. The average Bonchev–Trinajstić information content (AvgIpc) is 2.76. The average molecular weight is 259 g/mol. The Hall–Kier alpha value is -0.280. The van der Waals surface area contributed by atoms with Crippen LogP contribution in [0.5, 0.6) is 0 Å². The quantitative estimate of drug-likeness (QED) is 0.778. The number of piperazine rings is 1. The largest absolute Gasteiger partial charge is 0.337 e. The predicted molar refractivity (Wildman–Crippen MR) is 70.3 cm³/mol. The highest BCUT2D eigenvalue weighted by atomic mass is 35.5. The molecule has 98 valence electrons. The maximum Gasteiger partial charge on any atom is 0.226 e. The number of hydrogen-bond acceptors (Lipinski definition) is 2. The molecule has 0 aromatic heterocycles. The van der Waals surface area contributed by atoms with Gasteiger partial charge in [-0.1, -0.05) is 12.8 Å². The molecule has 1 spiro atoms. The van der Waals surface area contributed by atoms with Crippen LogP contribution in [0.4, 0.5) is 0 Å². The standard InChI is InChI=1S/C13H22N2O.ClH/c1-10-9-14-6-7-15(10)12(16)11-8-13(11)4-2-3-5-13;/h10-11,14H,2-9H2,1H3;1H/t10-,11?;/m1./s1. The van der Waals surface area contributed by atoms with Crippen molar-refractivity contribution < 1.29 is 4.79 Å². The first kappa shape index (κ1) is 13.2. The van der Waals surface area contributed by atoms with Crippen molar-refractivity contribution in [2.75, 3.05) is 19.6 Å². The molecule has 2 saturated carbocycles. The van der Waals surface area contributed by atoms with Gasteiger partial charge in [-0.3, -0.25) is 4.79 Å². The lowest BCUT2D eigenvalue weighted by Gasteiger charge is -2.34. The van der Waals surface area contributed by atoms with Gasteiger partial charge < -0.3 is 10.2 Å². The van der Waals surface area contributed by atoms with Crippen LogP contribution < -0.4 is 5.32 Å². The second-order valence-corrected chi connectivity index (χ2v) is 5.91. The van der Waals surface area contributed by atoms with E-state index >= 15 is 0 Å². The molecule has 0 radical (unpaired) electrons. The number of carbonyl (C=O) groups excluding carboxylic acids is 1.